The molecule has 0 radical (unpaired) electrons. The molecular weight excluding hydrogens is 437 g/mol. The van der Waals surface area contributed by atoms with E-state index in [1.165, 1.54) is 4.90 Å². The van der Waals surface area contributed by atoms with Crippen molar-refractivity contribution in [3.63, 3.8) is 0 Å². The molecule has 0 spiro atoms. The Kier molecular flexibility index (Phi) is 6.03. The standard InChI is InChI=1S/C17H18ClF3N2O3S2/c1-2-3-4-15(24)22-16-23(13-8-28(25,26)9-14(13)27-16)12-7-10(17(19,20)21)5-6-11(12)18/h5-7,13-14H,2-4,8-9H2,1H3/t13-,14-/m0/s1. The fourth-order valence-corrected chi connectivity index (χ4v) is 7.34. The highest BCUT2D eigenvalue weighted by Crippen LogP contribution is 2.44. The van der Waals surface area contributed by atoms with E-state index >= 15 is 0 Å². The zero-order chi connectivity index (χ0) is 20.7. The number of alkyl halides is 3. The maximum Gasteiger partial charge on any atom is 0.416 e. The van der Waals surface area contributed by atoms with Gasteiger partial charge in [-0.25, -0.2) is 8.42 Å². The van der Waals surface area contributed by atoms with Gasteiger partial charge in [0.05, 0.1) is 33.8 Å². The van der Waals surface area contributed by atoms with Crippen LogP contribution in [-0.4, -0.2) is 42.3 Å². The van der Waals surface area contributed by atoms with Crippen molar-refractivity contribution >= 4 is 50.0 Å². The van der Waals surface area contributed by atoms with Crippen molar-refractivity contribution < 1.29 is 26.4 Å². The first-order valence-corrected chi connectivity index (χ1v) is 11.7. The lowest BCUT2D eigenvalue weighted by atomic mass is 10.1. The van der Waals surface area contributed by atoms with Gasteiger partial charge in [0, 0.05) is 11.7 Å². The molecule has 154 valence electrons. The number of halogens is 4. The predicted molar refractivity (Wildman–Crippen MR) is 105 cm³/mol. The number of amides is 1. The molecule has 2 heterocycles. The summed E-state index contributed by atoms with van der Waals surface area (Å²) in [6, 6.07) is 2.25. The molecule has 2 fully saturated rings. The van der Waals surface area contributed by atoms with Gasteiger partial charge in [-0.2, -0.15) is 18.2 Å². The van der Waals surface area contributed by atoms with Crippen molar-refractivity contribution in [1.29, 1.82) is 0 Å². The SMILES string of the molecule is CCCCC(=O)N=C1S[C@H]2CS(=O)(=O)C[C@@H]2N1c1cc(C(F)(F)F)ccc1Cl. The molecule has 0 aromatic heterocycles. The second kappa shape index (κ2) is 7.87. The summed E-state index contributed by atoms with van der Waals surface area (Å²) in [5.41, 5.74) is -0.895. The smallest absolute Gasteiger partial charge is 0.314 e. The van der Waals surface area contributed by atoms with Crippen LogP contribution in [0.1, 0.15) is 31.7 Å². The van der Waals surface area contributed by atoms with E-state index in [9.17, 15) is 26.4 Å². The molecule has 2 aliphatic heterocycles. The van der Waals surface area contributed by atoms with Gasteiger partial charge in [-0.3, -0.25) is 4.79 Å². The first-order valence-electron chi connectivity index (χ1n) is 8.66. The molecule has 0 unspecified atom stereocenters. The fourth-order valence-electron chi connectivity index (χ4n) is 3.21. The number of rotatable bonds is 4. The maximum atomic E-state index is 13.2. The number of hydrogen-bond acceptors (Lipinski definition) is 4. The highest BCUT2D eigenvalue weighted by Gasteiger charge is 2.50. The van der Waals surface area contributed by atoms with Crippen molar-refractivity contribution in [3.8, 4) is 0 Å². The third kappa shape index (κ3) is 4.49. The number of sulfone groups is 1. The normalized spacial score (nSPS) is 25.3. The molecule has 0 bridgehead atoms. The number of nitrogens with zero attached hydrogens (tertiary/aromatic N) is 2. The topological polar surface area (TPSA) is 66.8 Å². The third-order valence-corrected chi connectivity index (χ3v) is 8.09. The van der Waals surface area contributed by atoms with E-state index in [1.807, 2.05) is 6.92 Å². The van der Waals surface area contributed by atoms with Crippen LogP contribution in [0.4, 0.5) is 18.9 Å². The molecule has 2 saturated heterocycles. The summed E-state index contributed by atoms with van der Waals surface area (Å²) in [4.78, 5) is 17.6. The van der Waals surface area contributed by atoms with Crippen LogP contribution < -0.4 is 4.90 Å². The first kappa shape index (κ1) is 21.4. The Hall–Kier alpha value is -1.26. The molecule has 1 aromatic rings. The van der Waals surface area contributed by atoms with E-state index in [2.05, 4.69) is 4.99 Å². The molecule has 11 heteroatoms. The average molecular weight is 455 g/mol. The van der Waals surface area contributed by atoms with Crippen LogP contribution in [0.25, 0.3) is 0 Å². The molecule has 0 aliphatic carbocycles. The number of thioether (sulfide) groups is 1. The molecule has 0 saturated carbocycles. The number of hydrogen-bond donors (Lipinski definition) is 0. The second-order valence-corrected chi connectivity index (χ2v) is 10.5. The van der Waals surface area contributed by atoms with Gasteiger partial charge in [-0.15, -0.1) is 0 Å². The van der Waals surface area contributed by atoms with Crippen molar-refractivity contribution in [2.75, 3.05) is 16.4 Å². The Labute approximate surface area is 170 Å². The Bertz CT molecular complexity index is 919. The molecule has 28 heavy (non-hydrogen) atoms. The van der Waals surface area contributed by atoms with Gasteiger partial charge < -0.3 is 4.90 Å². The zero-order valence-corrected chi connectivity index (χ0v) is 17.3. The van der Waals surface area contributed by atoms with Crippen LogP contribution in [0, 0.1) is 0 Å². The van der Waals surface area contributed by atoms with Gasteiger partial charge in [-0.1, -0.05) is 36.7 Å². The highest BCUT2D eigenvalue weighted by atomic mass is 35.5. The van der Waals surface area contributed by atoms with Crippen molar-refractivity contribution in [2.45, 2.75) is 43.7 Å². The van der Waals surface area contributed by atoms with E-state index in [1.54, 1.807) is 0 Å². The van der Waals surface area contributed by atoms with Crippen LogP contribution in [0.15, 0.2) is 23.2 Å². The van der Waals surface area contributed by atoms with Crippen molar-refractivity contribution in [2.24, 2.45) is 4.99 Å². The summed E-state index contributed by atoms with van der Waals surface area (Å²) in [5.74, 6) is -0.725. The average Bonchev–Trinajstić information content (AvgIpc) is 3.03. The van der Waals surface area contributed by atoms with Crippen LogP contribution in [0.5, 0.6) is 0 Å². The molecule has 5 nitrogen and oxygen atoms in total. The molecule has 1 aromatic carbocycles. The summed E-state index contributed by atoms with van der Waals surface area (Å²) in [5, 5.41) is -0.173. The number of fused-ring (bicyclic) bond motifs is 1. The number of benzene rings is 1. The lowest BCUT2D eigenvalue weighted by Crippen LogP contribution is -2.38. The van der Waals surface area contributed by atoms with Gasteiger partial charge in [0.15, 0.2) is 15.0 Å². The van der Waals surface area contributed by atoms with E-state index in [4.69, 9.17) is 11.6 Å². The number of aliphatic imine (C=N–C) groups is 1. The minimum Gasteiger partial charge on any atom is -0.314 e. The Morgan fingerprint density at radius 1 is 1.36 bits per heavy atom. The van der Waals surface area contributed by atoms with Gasteiger partial charge in [0.1, 0.15) is 0 Å². The fraction of sp³-hybridized carbons (Fsp3) is 0.529. The summed E-state index contributed by atoms with van der Waals surface area (Å²) in [6.45, 7) is 1.93. The first-order chi connectivity index (χ1) is 13.0. The molecule has 1 amide bonds. The van der Waals surface area contributed by atoms with Crippen molar-refractivity contribution in [3.05, 3.63) is 28.8 Å². The van der Waals surface area contributed by atoms with Gasteiger partial charge in [0.25, 0.3) is 0 Å². The Balaban J connectivity index is 2.05. The van der Waals surface area contributed by atoms with Crippen LogP contribution in [-0.2, 0) is 20.8 Å². The number of carbonyl (C=O) groups excluding carboxylic acids is 1. The molecule has 2 aliphatic rings. The third-order valence-electron chi connectivity index (χ3n) is 4.56. The lowest BCUT2D eigenvalue weighted by molar-refractivity contribution is -0.137. The summed E-state index contributed by atoms with van der Waals surface area (Å²) >= 11 is 7.27. The van der Waals surface area contributed by atoms with Crippen LogP contribution >= 0.6 is 23.4 Å². The van der Waals surface area contributed by atoms with Gasteiger partial charge in [-0.05, 0) is 24.6 Å². The lowest BCUT2D eigenvalue weighted by Gasteiger charge is -2.26. The van der Waals surface area contributed by atoms with E-state index in [0.29, 0.717) is 6.42 Å². The van der Waals surface area contributed by atoms with Crippen LogP contribution in [0.2, 0.25) is 5.02 Å². The zero-order valence-electron chi connectivity index (χ0n) is 14.9. The summed E-state index contributed by atoms with van der Waals surface area (Å²) < 4.78 is 63.6. The predicted octanol–water partition coefficient (Wildman–Crippen LogP) is 4.15. The molecule has 3 rings (SSSR count). The second-order valence-electron chi connectivity index (χ2n) is 6.73. The van der Waals surface area contributed by atoms with Crippen LogP contribution in [0.3, 0.4) is 0 Å². The Morgan fingerprint density at radius 3 is 2.71 bits per heavy atom. The van der Waals surface area contributed by atoms with E-state index in [-0.39, 0.29) is 39.7 Å². The number of carbonyl (C=O) groups is 1. The maximum absolute atomic E-state index is 13.2. The largest absolute Gasteiger partial charge is 0.416 e. The monoisotopic (exact) mass is 454 g/mol. The van der Waals surface area contributed by atoms with E-state index in [0.717, 1.165) is 36.4 Å². The van der Waals surface area contributed by atoms with Crippen molar-refractivity contribution in [1.82, 2.24) is 0 Å². The highest BCUT2D eigenvalue weighted by molar-refractivity contribution is 8.16. The Morgan fingerprint density at radius 2 is 2.07 bits per heavy atom. The summed E-state index contributed by atoms with van der Waals surface area (Å²) in [6.07, 6.45) is -2.91. The molecule has 2 atom stereocenters. The van der Waals surface area contributed by atoms with E-state index < -0.39 is 32.9 Å². The quantitative estimate of drug-likeness (QED) is 0.683. The molecule has 0 N–H and O–H groups in total. The number of anilines is 1. The number of unbranched alkanes of at least 4 members (excludes halogenated alkanes) is 1. The minimum absolute atomic E-state index is 0.00985. The van der Waals surface area contributed by atoms with Gasteiger partial charge in [0.2, 0.25) is 5.91 Å². The van der Waals surface area contributed by atoms with Gasteiger partial charge >= 0.3 is 6.18 Å². The molecular formula is C17H18ClF3N2O3S2. The number of amidine groups is 1. The summed E-state index contributed by atoms with van der Waals surface area (Å²) in [7, 11) is -3.33. The minimum atomic E-state index is -4.58.